The molecule has 3 nitrogen and oxygen atoms in total. The molecule has 0 unspecified atom stereocenters. The second-order valence-electron chi connectivity index (χ2n) is 3.13. The molecule has 1 amide bonds. The number of benzene rings is 1. The van der Waals surface area contributed by atoms with Crippen LogP contribution in [0.25, 0.3) is 0 Å². The minimum Gasteiger partial charge on any atom is -0.410 e. The Kier molecular flexibility index (Phi) is 2.33. The first kappa shape index (κ1) is 9.34. The van der Waals surface area contributed by atoms with E-state index >= 15 is 0 Å². The highest BCUT2D eigenvalue weighted by Crippen LogP contribution is 2.28. The molecule has 0 saturated heterocycles. The van der Waals surface area contributed by atoms with Gasteiger partial charge in [0.1, 0.15) is 5.75 Å². The molecule has 0 N–H and O–H groups in total. The molecule has 0 atom stereocenters. The van der Waals surface area contributed by atoms with Gasteiger partial charge in [-0.1, -0.05) is 11.6 Å². The Morgan fingerprint density at radius 3 is 3.07 bits per heavy atom. The molecule has 1 heterocycles. The van der Waals surface area contributed by atoms with Crippen LogP contribution >= 0.6 is 11.6 Å². The lowest BCUT2D eigenvalue weighted by molar-refractivity contribution is 0.141. The fourth-order valence-electron chi connectivity index (χ4n) is 1.44. The molecule has 2 rings (SSSR count). The van der Waals surface area contributed by atoms with E-state index in [9.17, 15) is 4.79 Å². The summed E-state index contributed by atoms with van der Waals surface area (Å²) in [7, 11) is 0. The summed E-state index contributed by atoms with van der Waals surface area (Å²) >= 11 is 5.84. The summed E-state index contributed by atoms with van der Waals surface area (Å²) in [6.45, 7) is 3.13. The lowest BCUT2D eigenvalue weighted by Crippen LogP contribution is -2.36. The summed E-state index contributed by atoms with van der Waals surface area (Å²) < 4.78 is 5.12. The van der Waals surface area contributed by atoms with E-state index in [0.717, 1.165) is 5.56 Å². The number of carbonyl (C=O) groups excluding carboxylic acids is 1. The van der Waals surface area contributed by atoms with Gasteiger partial charge in [0.25, 0.3) is 0 Å². The van der Waals surface area contributed by atoms with Crippen molar-refractivity contribution in [3.05, 3.63) is 28.8 Å². The van der Waals surface area contributed by atoms with Crippen LogP contribution in [0.2, 0.25) is 5.02 Å². The van der Waals surface area contributed by atoms with Crippen LogP contribution in [0.3, 0.4) is 0 Å². The molecule has 0 saturated carbocycles. The molecule has 1 aliphatic rings. The summed E-state index contributed by atoms with van der Waals surface area (Å²) in [6, 6.07) is 5.27. The quantitative estimate of drug-likeness (QED) is 0.715. The zero-order valence-corrected chi connectivity index (χ0v) is 8.54. The van der Waals surface area contributed by atoms with Gasteiger partial charge in [-0.25, -0.2) is 4.79 Å². The molecule has 0 radical (unpaired) electrons. The standard InChI is InChI=1S/C10H10ClNO2/c1-2-12-6-7-5-8(11)3-4-9(7)14-10(12)13/h3-5H,2,6H2,1H3. The molecule has 0 bridgehead atoms. The van der Waals surface area contributed by atoms with Gasteiger partial charge in [0.2, 0.25) is 0 Å². The summed E-state index contributed by atoms with van der Waals surface area (Å²) in [6.07, 6.45) is -0.290. The number of carbonyl (C=O) groups is 1. The Morgan fingerprint density at radius 2 is 2.36 bits per heavy atom. The smallest absolute Gasteiger partial charge is 0.410 e. The highest BCUT2D eigenvalue weighted by Gasteiger charge is 2.23. The van der Waals surface area contributed by atoms with Gasteiger partial charge in [-0.3, -0.25) is 0 Å². The minimum atomic E-state index is -0.290. The van der Waals surface area contributed by atoms with Gasteiger partial charge in [-0.15, -0.1) is 0 Å². The summed E-state index contributed by atoms with van der Waals surface area (Å²) in [5.74, 6) is 0.615. The molecule has 1 aliphatic heterocycles. The van der Waals surface area contributed by atoms with Crippen LogP contribution in [0.4, 0.5) is 4.79 Å². The third-order valence-corrected chi connectivity index (χ3v) is 2.46. The van der Waals surface area contributed by atoms with Gasteiger partial charge in [-0.05, 0) is 25.1 Å². The van der Waals surface area contributed by atoms with Crippen molar-refractivity contribution in [2.24, 2.45) is 0 Å². The first-order valence-electron chi connectivity index (χ1n) is 4.46. The lowest BCUT2D eigenvalue weighted by Gasteiger charge is -2.26. The normalized spacial score (nSPS) is 15.0. The van der Waals surface area contributed by atoms with Crippen molar-refractivity contribution in [1.29, 1.82) is 0 Å². The van der Waals surface area contributed by atoms with Crippen molar-refractivity contribution < 1.29 is 9.53 Å². The molecule has 0 aromatic heterocycles. The van der Waals surface area contributed by atoms with Crippen molar-refractivity contribution in [2.75, 3.05) is 6.54 Å². The van der Waals surface area contributed by atoms with E-state index in [4.69, 9.17) is 16.3 Å². The lowest BCUT2D eigenvalue weighted by atomic mass is 10.1. The van der Waals surface area contributed by atoms with E-state index in [1.165, 1.54) is 0 Å². The number of amides is 1. The molecule has 0 fully saturated rings. The Hall–Kier alpha value is -1.22. The molecular weight excluding hydrogens is 202 g/mol. The largest absolute Gasteiger partial charge is 0.415 e. The average Bonchev–Trinajstić information content (AvgIpc) is 2.17. The molecule has 1 aromatic carbocycles. The van der Waals surface area contributed by atoms with E-state index in [1.54, 1.807) is 17.0 Å². The van der Waals surface area contributed by atoms with Crippen LogP contribution in [0.15, 0.2) is 18.2 Å². The summed E-state index contributed by atoms with van der Waals surface area (Å²) in [5.41, 5.74) is 0.957. The minimum absolute atomic E-state index is 0.290. The predicted molar refractivity (Wildman–Crippen MR) is 53.6 cm³/mol. The molecule has 0 spiro atoms. The van der Waals surface area contributed by atoms with E-state index in [-0.39, 0.29) is 6.09 Å². The van der Waals surface area contributed by atoms with Crippen LogP contribution in [-0.2, 0) is 6.54 Å². The highest BCUT2D eigenvalue weighted by molar-refractivity contribution is 6.30. The van der Waals surface area contributed by atoms with Crippen molar-refractivity contribution >= 4 is 17.7 Å². The van der Waals surface area contributed by atoms with Crippen LogP contribution in [0, 0.1) is 0 Å². The zero-order chi connectivity index (χ0) is 10.1. The number of nitrogens with zero attached hydrogens (tertiary/aromatic N) is 1. The first-order chi connectivity index (χ1) is 6.70. The van der Waals surface area contributed by atoms with Crippen LogP contribution in [-0.4, -0.2) is 17.5 Å². The Labute approximate surface area is 87.2 Å². The van der Waals surface area contributed by atoms with Gasteiger partial charge in [-0.2, -0.15) is 0 Å². The van der Waals surface area contributed by atoms with Crippen LogP contribution in [0.5, 0.6) is 5.75 Å². The predicted octanol–water partition coefficient (Wildman–Crippen LogP) is 2.67. The number of rotatable bonds is 1. The SMILES string of the molecule is CCN1Cc2cc(Cl)ccc2OC1=O. The fourth-order valence-corrected chi connectivity index (χ4v) is 1.64. The van der Waals surface area contributed by atoms with Crippen molar-refractivity contribution in [3.63, 3.8) is 0 Å². The number of fused-ring (bicyclic) bond motifs is 1. The monoisotopic (exact) mass is 211 g/mol. The molecular formula is C10H10ClNO2. The van der Waals surface area contributed by atoms with E-state index in [0.29, 0.717) is 23.9 Å². The van der Waals surface area contributed by atoms with E-state index in [1.807, 2.05) is 13.0 Å². The van der Waals surface area contributed by atoms with Gasteiger partial charge in [0.05, 0.1) is 6.54 Å². The second kappa shape index (κ2) is 3.50. The molecule has 1 aromatic rings. The highest BCUT2D eigenvalue weighted by atomic mass is 35.5. The third-order valence-electron chi connectivity index (χ3n) is 2.22. The van der Waals surface area contributed by atoms with E-state index < -0.39 is 0 Å². The Balaban J connectivity index is 2.36. The number of halogens is 1. The molecule has 0 aliphatic carbocycles. The summed E-state index contributed by atoms with van der Waals surface area (Å²) in [5, 5.41) is 0.665. The van der Waals surface area contributed by atoms with Gasteiger partial charge in [0.15, 0.2) is 0 Å². The maximum Gasteiger partial charge on any atom is 0.415 e. The van der Waals surface area contributed by atoms with Crippen LogP contribution in [0.1, 0.15) is 12.5 Å². The Bertz CT molecular complexity index is 378. The number of hydrogen-bond donors (Lipinski definition) is 0. The first-order valence-corrected chi connectivity index (χ1v) is 4.83. The zero-order valence-electron chi connectivity index (χ0n) is 7.79. The molecule has 74 valence electrons. The third kappa shape index (κ3) is 1.55. The summed E-state index contributed by atoms with van der Waals surface area (Å²) in [4.78, 5) is 13.0. The maximum absolute atomic E-state index is 11.3. The van der Waals surface area contributed by atoms with Crippen molar-refractivity contribution in [1.82, 2.24) is 4.90 Å². The fraction of sp³-hybridized carbons (Fsp3) is 0.300. The molecule has 14 heavy (non-hydrogen) atoms. The maximum atomic E-state index is 11.3. The van der Waals surface area contributed by atoms with Gasteiger partial charge in [0, 0.05) is 17.1 Å². The number of ether oxygens (including phenoxy) is 1. The van der Waals surface area contributed by atoms with Gasteiger partial charge >= 0.3 is 6.09 Å². The van der Waals surface area contributed by atoms with Crippen LogP contribution < -0.4 is 4.74 Å². The second-order valence-corrected chi connectivity index (χ2v) is 3.57. The van der Waals surface area contributed by atoms with E-state index in [2.05, 4.69) is 0 Å². The topological polar surface area (TPSA) is 29.5 Å². The van der Waals surface area contributed by atoms with Crippen molar-refractivity contribution in [2.45, 2.75) is 13.5 Å². The average molecular weight is 212 g/mol. The number of hydrogen-bond acceptors (Lipinski definition) is 2. The van der Waals surface area contributed by atoms with Crippen molar-refractivity contribution in [3.8, 4) is 5.75 Å². The Morgan fingerprint density at radius 1 is 1.57 bits per heavy atom. The molecule has 4 heteroatoms. The van der Waals surface area contributed by atoms with Gasteiger partial charge < -0.3 is 9.64 Å².